The summed E-state index contributed by atoms with van der Waals surface area (Å²) in [6.45, 7) is 3.47. The standard InChI is InChI=1S/C14H21NO/c1-11-3-2-7-14(8-4-11)12-6-10-16-13(12)5-9-15-14/h6,10-11,15H,2-5,7-9H2,1H3. The van der Waals surface area contributed by atoms with Gasteiger partial charge in [0.05, 0.1) is 6.26 Å². The number of fused-ring (bicyclic) bond motifs is 2. The van der Waals surface area contributed by atoms with Crippen LogP contribution < -0.4 is 5.32 Å². The molecule has 1 fully saturated rings. The molecule has 2 heteroatoms. The van der Waals surface area contributed by atoms with E-state index in [4.69, 9.17) is 4.42 Å². The fourth-order valence-electron chi connectivity index (χ4n) is 3.43. The summed E-state index contributed by atoms with van der Waals surface area (Å²) in [6, 6.07) is 2.19. The zero-order valence-corrected chi connectivity index (χ0v) is 10.1. The lowest BCUT2D eigenvalue weighted by atomic mass is 9.80. The molecule has 2 unspecified atom stereocenters. The first-order valence-corrected chi connectivity index (χ1v) is 6.62. The molecule has 0 radical (unpaired) electrons. The van der Waals surface area contributed by atoms with Gasteiger partial charge in [-0.05, 0) is 31.2 Å². The molecule has 1 N–H and O–H groups in total. The molecule has 0 amide bonds. The Kier molecular flexibility index (Phi) is 2.55. The van der Waals surface area contributed by atoms with Gasteiger partial charge in [-0.3, -0.25) is 0 Å². The van der Waals surface area contributed by atoms with Crippen LogP contribution in [0.25, 0.3) is 0 Å². The molecule has 1 aromatic rings. The lowest BCUT2D eigenvalue weighted by Crippen LogP contribution is -2.46. The van der Waals surface area contributed by atoms with Gasteiger partial charge in [-0.2, -0.15) is 0 Å². The Hall–Kier alpha value is -0.760. The topological polar surface area (TPSA) is 25.2 Å². The van der Waals surface area contributed by atoms with Crippen LogP contribution in [-0.4, -0.2) is 6.54 Å². The van der Waals surface area contributed by atoms with Crippen LogP contribution in [0.15, 0.2) is 16.7 Å². The van der Waals surface area contributed by atoms with Crippen molar-refractivity contribution in [3.63, 3.8) is 0 Å². The van der Waals surface area contributed by atoms with Crippen LogP contribution in [0.5, 0.6) is 0 Å². The van der Waals surface area contributed by atoms with Crippen LogP contribution >= 0.6 is 0 Å². The second-order valence-electron chi connectivity index (χ2n) is 5.55. The first-order chi connectivity index (χ1) is 7.80. The van der Waals surface area contributed by atoms with Crippen LogP contribution in [0.1, 0.15) is 50.4 Å². The predicted molar refractivity (Wildman–Crippen MR) is 64.3 cm³/mol. The Balaban J connectivity index is 1.94. The molecule has 1 aromatic heterocycles. The summed E-state index contributed by atoms with van der Waals surface area (Å²) in [5.74, 6) is 2.12. The van der Waals surface area contributed by atoms with Crippen LogP contribution in [0.4, 0.5) is 0 Å². The van der Waals surface area contributed by atoms with E-state index in [-0.39, 0.29) is 5.54 Å². The molecule has 3 rings (SSSR count). The van der Waals surface area contributed by atoms with Crippen molar-refractivity contribution in [3.8, 4) is 0 Å². The van der Waals surface area contributed by atoms with E-state index < -0.39 is 0 Å². The molecule has 1 saturated carbocycles. The van der Waals surface area contributed by atoms with Gasteiger partial charge in [0.2, 0.25) is 0 Å². The highest BCUT2D eigenvalue weighted by Gasteiger charge is 2.38. The molecule has 16 heavy (non-hydrogen) atoms. The average molecular weight is 219 g/mol. The van der Waals surface area contributed by atoms with Crippen LogP contribution in [0.3, 0.4) is 0 Å². The lowest BCUT2D eigenvalue weighted by molar-refractivity contribution is 0.261. The van der Waals surface area contributed by atoms with Crippen LogP contribution in [-0.2, 0) is 12.0 Å². The number of furan rings is 1. The number of rotatable bonds is 0. The van der Waals surface area contributed by atoms with E-state index in [0.29, 0.717) is 0 Å². The van der Waals surface area contributed by atoms with E-state index in [0.717, 1.165) is 18.9 Å². The number of nitrogens with one attached hydrogen (secondary N) is 1. The smallest absolute Gasteiger partial charge is 0.110 e. The molecular weight excluding hydrogens is 198 g/mol. The zero-order valence-electron chi connectivity index (χ0n) is 10.1. The molecule has 2 atom stereocenters. The van der Waals surface area contributed by atoms with Gasteiger partial charge in [-0.1, -0.05) is 19.8 Å². The molecule has 0 bridgehead atoms. The highest BCUT2D eigenvalue weighted by molar-refractivity contribution is 5.30. The maximum atomic E-state index is 5.61. The molecule has 1 aliphatic carbocycles. The third-order valence-corrected chi connectivity index (χ3v) is 4.44. The Morgan fingerprint density at radius 2 is 2.31 bits per heavy atom. The van der Waals surface area contributed by atoms with Crippen molar-refractivity contribution >= 4 is 0 Å². The van der Waals surface area contributed by atoms with E-state index >= 15 is 0 Å². The van der Waals surface area contributed by atoms with Gasteiger partial charge in [0.25, 0.3) is 0 Å². The van der Waals surface area contributed by atoms with Crippen molar-refractivity contribution in [1.29, 1.82) is 0 Å². The maximum absolute atomic E-state index is 5.61. The first-order valence-electron chi connectivity index (χ1n) is 6.62. The first kappa shape index (κ1) is 10.4. The van der Waals surface area contributed by atoms with Crippen molar-refractivity contribution in [2.75, 3.05) is 6.54 Å². The van der Waals surface area contributed by atoms with Crippen LogP contribution in [0, 0.1) is 5.92 Å². The summed E-state index contributed by atoms with van der Waals surface area (Å²) in [4.78, 5) is 0. The van der Waals surface area contributed by atoms with E-state index in [1.54, 1.807) is 0 Å². The highest BCUT2D eigenvalue weighted by atomic mass is 16.3. The highest BCUT2D eigenvalue weighted by Crippen LogP contribution is 2.41. The molecule has 1 aliphatic heterocycles. The van der Waals surface area contributed by atoms with Crippen molar-refractivity contribution in [2.45, 2.75) is 51.0 Å². The SMILES string of the molecule is CC1CCCC2(CC1)NCCc1occc12. The predicted octanol–water partition coefficient (Wildman–Crippen LogP) is 3.22. The van der Waals surface area contributed by atoms with Crippen molar-refractivity contribution < 1.29 is 4.42 Å². The third-order valence-electron chi connectivity index (χ3n) is 4.44. The molecule has 2 aliphatic rings. The van der Waals surface area contributed by atoms with Crippen molar-refractivity contribution in [3.05, 3.63) is 23.7 Å². The lowest BCUT2D eigenvalue weighted by Gasteiger charge is -2.37. The quantitative estimate of drug-likeness (QED) is 0.724. The van der Waals surface area contributed by atoms with E-state index in [1.165, 1.54) is 43.4 Å². The van der Waals surface area contributed by atoms with Gasteiger partial charge < -0.3 is 9.73 Å². The minimum absolute atomic E-state index is 0.241. The van der Waals surface area contributed by atoms with E-state index in [9.17, 15) is 0 Å². The maximum Gasteiger partial charge on any atom is 0.110 e. The molecule has 88 valence electrons. The molecule has 2 nitrogen and oxygen atoms in total. The molecule has 1 spiro atoms. The minimum Gasteiger partial charge on any atom is -0.469 e. The van der Waals surface area contributed by atoms with Gasteiger partial charge in [-0.15, -0.1) is 0 Å². The molecule has 2 heterocycles. The fourth-order valence-corrected chi connectivity index (χ4v) is 3.43. The molecule has 0 saturated heterocycles. The zero-order chi connectivity index (χ0) is 11.0. The monoisotopic (exact) mass is 219 g/mol. The summed E-state index contributed by atoms with van der Waals surface area (Å²) in [5.41, 5.74) is 1.69. The van der Waals surface area contributed by atoms with E-state index in [1.807, 2.05) is 6.26 Å². The van der Waals surface area contributed by atoms with Crippen LogP contribution in [0.2, 0.25) is 0 Å². The normalized spacial score (nSPS) is 34.7. The summed E-state index contributed by atoms with van der Waals surface area (Å²) in [5, 5.41) is 3.78. The van der Waals surface area contributed by atoms with Gasteiger partial charge in [0.1, 0.15) is 5.76 Å². The third kappa shape index (κ3) is 1.60. The van der Waals surface area contributed by atoms with Crippen molar-refractivity contribution in [1.82, 2.24) is 5.32 Å². The Morgan fingerprint density at radius 3 is 3.25 bits per heavy atom. The molecular formula is C14H21NO. The average Bonchev–Trinajstić information content (AvgIpc) is 2.69. The van der Waals surface area contributed by atoms with Gasteiger partial charge in [0, 0.05) is 24.1 Å². The Labute approximate surface area is 97.4 Å². The fraction of sp³-hybridized carbons (Fsp3) is 0.714. The Morgan fingerprint density at radius 1 is 1.38 bits per heavy atom. The van der Waals surface area contributed by atoms with Gasteiger partial charge in [-0.25, -0.2) is 0 Å². The summed E-state index contributed by atoms with van der Waals surface area (Å²) in [6.07, 6.45) is 9.56. The largest absolute Gasteiger partial charge is 0.469 e. The number of hydrogen-bond acceptors (Lipinski definition) is 2. The van der Waals surface area contributed by atoms with E-state index in [2.05, 4.69) is 18.3 Å². The van der Waals surface area contributed by atoms with Gasteiger partial charge >= 0.3 is 0 Å². The summed E-state index contributed by atoms with van der Waals surface area (Å²) in [7, 11) is 0. The number of hydrogen-bond donors (Lipinski definition) is 1. The Bertz CT molecular complexity index is 371. The summed E-state index contributed by atoms with van der Waals surface area (Å²) < 4.78 is 5.61. The molecule has 0 aromatic carbocycles. The minimum atomic E-state index is 0.241. The van der Waals surface area contributed by atoms with Crippen molar-refractivity contribution in [2.24, 2.45) is 5.92 Å². The second-order valence-corrected chi connectivity index (χ2v) is 5.55. The second kappa shape index (κ2) is 3.92. The summed E-state index contributed by atoms with van der Waals surface area (Å²) >= 11 is 0. The van der Waals surface area contributed by atoms with Gasteiger partial charge in [0.15, 0.2) is 0 Å².